The van der Waals surface area contributed by atoms with Gasteiger partial charge in [0.2, 0.25) is 10.0 Å². The Morgan fingerprint density at radius 3 is 2.70 bits per heavy atom. The third-order valence-corrected chi connectivity index (χ3v) is 6.53. The number of sulfonamides is 1. The molecule has 0 amide bonds. The molecule has 0 radical (unpaired) electrons. The normalized spacial score (nSPS) is 22.2. The van der Waals surface area contributed by atoms with E-state index in [0.29, 0.717) is 5.56 Å². The number of aromatic nitrogens is 2. The second kappa shape index (κ2) is 6.43. The van der Waals surface area contributed by atoms with Crippen LogP contribution in [0.4, 0.5) is 17.2 Å². The van der Waals surface area contributed by atoms with Crippen LogP contribution in [0.2, 0.25) is 0 Å². The average molecular weight is 423 g/mol. The monoisotopic (exact) mass is 422 g/mol. The number of para-hydroxylation sites is 1. The Hall–Kier alpha value is -3.13. The minimum atomic E-state index is -3.45. The number of anilines is 3. The highest BCUT2D eigenvalue weighted by Gasteiger charge is 2.58. The van der Waals surface area contributed by atoms with E-state index in [1.807, 2.05) is 30.3 Å². The Morgan fingerprint density at radius 2 is 1.97 bits per heavy atom. The Labute approximate surface area is 175 Å². The molecule has 0 bridgehead atoms. The molecule has 1 saturated carbocycles. The van der Waals surface area contributed by atoms with Gasteiger partial charge in [0.25, 0.3) is 0 Å². The number of H-pyrrole nitrogens is 1. The van der Waals surface area contributed by atoms with Crippen LogP contribution in [0.5, 0.6) is 0 Å². The number of fused-ring (bicyclic) bond motifs is 2. The van der Waals surface area contributed by atoms with E-state index in [0.717, 1.165) is 47.4 Å². The molecule has 2 aliphatic carbocycles. The average Bonchev–Trinajstić information content (AvgIpc) is 3.24. The van der Waals surface area contributed by atoms with Crippen molar-refractivity contribution in [3.8, 4) is 11.3 Å². The summed E-state index contributed by atoms with van der Waals surface area (Å²) in [7, 11) is -3.45. The third-order valence-electron chi connectivity index (χ3n) is 5.95. The van der Waals surface area contributed by atoms with Gasteiger partial charge in [-0.25, -0.2) is 13.4 Å². The van der Waals surface area contributed by atoms with Gasteiger partial charge in [-0.3, -0.25) is 9.52 Å². The number of hydrogen-bond acceptors (Lipinski definition) is 5. The lowest BCUT2D eigenvalue weighted by Crippen LogP contribution is -2.19. The number of pyridine rings is 1. The molecule has 8 heteroatoms. The molecular formula is C22H22N4O3S. The van der Waals surface area contributed by atoms with E-state index >= 15 is 0 Å². The van der Waals surface area contributed by atoms with Gasteiger partial charge in [-0.05, 0) is 42.5 Å². The highest BCUT2D eigenvalue weighted by atomic mass is 32.2. The van der Waals surface area contributed by atoms with E-state index in [4.69, 9.17) is 0 Å². The minimum Gasteiger partial charge on any atom is -0.356 e. The maximum atomic E-state index is 13.2. The van der Waals surface area contributed by atoms with Crippen molar-refractivity contribution >= 4 is 33.0 Å². The topological polar surface area (TPSA) is 104 Å². The number of nitrogens with zero attached hydrogens (tertiary/aromatic N) is 1. The van der Waals surface area contributed by atoms with Crippen molar-refractivity contribution in [2.24, 2.45) is 11.3 Å². The molecule has 3 N–H and O–H groups in total. The lowest BCUT2D eigenvalue weighted by molar-refractivity contribution is 0.0941. The van der Waals surface area contributed by atoms with Crippen LogP contribution in [0.1, 0.15) is 29.4 Å². The summed E-state index contributed by atoms with van der Waals surface area (Å²) < 4.78 is 25.6. The van der Waals surface area contributed by atoms with Crippen molar-refractivity contribution in [2.75, 3.05) is 16.3 Å². The van der Waals surface area contributed by atoms with E-state index in [-0.39, 0.29) is 22.9 Å². The summed E-state index contributed by atoms with van der Waals surface area (Å²) in [6.07, 6.45) is 4.38. The zero-order valence-electron chi connectivity index (χ0n) is 16.7. The number of aromatic amines is 1. The summed E-state index contributed by atoms with van der Waals surface area (Å²) in [4.78, 5) is 20.8. The molecule has 2 heterocycles. The predicted molar refractivity (Wildman–Crippen MR) is 116 cm³/mol. The number of carbonyl (C=O) groups is 1. The van der Waals surface area contributed by atoms with E-state index in [1.54, 1.807) is 18.3 Å². The quantitative estimate of drug-likeness (QED) is 0.577. The van der Waals surface area contributed by atoms with Gasteiger partial charge in [0.05, 0.1) is 23.2 Å². The molecule has 1 fully saturated rings. The number of nitrogens with one attached hydrogen (secondary N) is 3. The summed E-state index contributed by atoms with van der Waals surface area (Å²) >= 11 is 0. The summed E-state index contributed by atoms with van der Waals surface area (Å²) in [5, 5.41) is 3.42. The van der Waals surface area contributed by atoms with Crippen LogP contribution < -0.4 is 10.0 Å². The van der Waals surface area contributed by atoms with Gasteiger partial charge in [-0.1, -0.05) is 25.1 Å². The van der Waals surface area contributed by atoms with Gasteiger partial charge in [0.15, 0.2) is 5.78 Å². The standard InChI is InChI=1S/C22H22N4O3S/c1-22-11-15(22)21(27)18-16(12-22)25-19(20(18)24-14-6-4-3-5-7-14)13-8-9-23-17(10-13)26-30(2,28)29/h3-10,15,24-25H,11-12H2,1-2H3,(H,23,26). The lowest BCUT2D eigenvalue weighted by atomic mass is 9.87. The molecule has 3 aromatic rings. The van der Waals surface area contributed by atoms with Crippen LogP contribution in [-0.4, -0.2) is 30.4 Å². The maximum absolute atomic E-state index is 13.2. The van der Waals surface area contributed by atoms with Gasteiger partial charge in [-0.15, -0.1) is 0 Å². The molecule has 0 aliphatic heterocycles. The highest BCUT2D eigenvalue weighted by Crippen LogP contribution is 2.60. The zero-order chi connectivity index (χ0) is 21.1. The smallest absolute Gasteiger partial charge is 0.230 e. The number of rotatable bonds is 5. The molecule has 30 heavy (non-hydrogen) atoms. The lowest BCUT2D eigenvalue weighted by Gasteiger charge is -2.18. The Bertz CT molecular complexity index is 1270. The van der Waals surface area contributed by atoms with Gasteiger partial charge >= 0.3 is 0 Å². The summed E-state index contributed by atoms with van der Waals surface area (Å²) in [5.74, 6) is 0.475. The fourth-order valence-electron chi connectivity index (χ4n) is 4.39. The summed E-state index contributed by atoms with van der Waals surface area (Å²) in [6, 6.07) is 13.2. The van der Waals surface area contributed by atoms with Crippen LogP contribution in [0.25, 0.3) is 11.3 Å². The molecule has 0 spiro atoms. The molecule has 2 aromatic heterocycles. The first-order valence-electron chi connectivity index (χ1n) is 9.79. The molecule has 2 aliphatic rings. The van der Waals surface area contributed by atoms with E-state index in [2.05, 4.69) is 26.9 Å². The van der Waals surface area contributed by atoms with Crippen molar-refractivity contribution in [1.82, 2.24) is 9.97 Å². The van der Waals surface area contributed by atoms with Crippen LogP contribution in [0, 0.1) is 11.3 Å². The fraction of sp³-hybridized carbons (Fsp3) is 0.273. The number of carbonyl (C=O) groups excluding carboxylic acids is 1. The second-order valence-electron chi connectivity index (χ2n) is 8.48. The van der Waals surface area contributed by atoms with Gasteiger partial charge < -0.3 is 10.3 Å². The first-order valence-corrected chi connectivity index (χ1v) is 11.7. The molecule has 154 valence electrons. The molecule has 7 nitrogen and oxygen atoms in total. The SMILES string of the molecule is CC12Cc3[nH]c(-c4ccnc(NS(C)(=O)=O)c4)c(Nc4ccccc4)c3C(=O)C1C2. The van der Waals surface area contributed by atoms with Crippen LogP contribution in [-0.2, 0) is 16.4 Å². The van der Waals surface area contributed by atoms with Crippen molar-refractivity contribution < 1.29 is 13.2 Å². The number of hydrogen-bond donors (Lipinski definition) is 3. The predicted octanol–water partition coefficient (Wildman–Crippen LogP) is 3.96. The van der Waals surface area contributed by atoms with E-state index < -0.39 is 10.0 Å². The first-order chi connectivity index (χ1) is 14.2. The van der Waals surface area contributed by atoms with Crippen LogP contribution in [0.15, 0.2) is 48.7 Å². The zero-order valence-corrected chi connectivity index (χ0v) is 17.5. The molecule has 2 atom stereocenters. The van der Waals surface area contributed by atoms with Crippen molar-refractivity contribution in [2.45, 2.75) is 19.8 Å². The Balaban J connectivity index is 1.64. The van der Waals surface area contributed by atoms with Crippen LogP contribution in [0.3, 0.4) is 0 Å². The van der Waals surface area contributed by atoms with Crippen LogP contribution >= 0.6 is 0 Å². The first kappa shape index (κ1) is 18.9. The number of Topliss-reactive ketones (excluding diaryl/α,β-unsaturated/α-hetero) is 1. The Kier molecular flexibility index (Phi) is 4.05. The van der Waals surface area contributed by atoms with E-state index in [9.17, 15) is 13.2 Å². The highest BCUT2D eigenvalue weighted by molar-refractivity contribution is 7.92. The van der Waals surface area contributed by atoms with E-state index in [1.165, 1.54) is 0 Å². The Morgan fingerprint density at radius 1 is 1.20 bits per heavy atom. The van der Waals surface area contributed by atoms with Crippen molar-refractivity contribution in [3.05, 3.63) is 59.9 Å². The molecular weight excluding hydrogens is 400 g/mol. The summed E-state index contributed by atoms with van der Waals surface area (Å²) in [5.41, 5.74) is 4.78. The molecule has 0 saturated heterocycles. The fourth-order valence-corrected chi connectivity index (χ4v) is 4.88. The molecule has 2 unspecified atom stereocenters. The van der Waals surface area contributed by atoms with Gasteiger partial charge in [0.1, 0.15) is 5.82 Å². The van der Waals surface area contributed by atoms with Crippen molar-refractivity contribution in [1.29, 1.82) is 0 Å². The maximum Gasteiger partial charge on any atom is 0.230 e. The van der Waals surface area contributed by atoms with Gasteiger partial charge in [0, 0.05) is 29.1 Å². The molecule has 5 rings (SSSR count). The third kappa shape index (κ3) is 3.27. The largest absolute Gasteiger partial charge is 0.356 e. The van der Waals surface area contributed by atoms with Crippen molar-refractivity contribution in [3.63, 3.8) is 0 Å². The summed E-state index contributed by atoms with van der Waals surface area (Å²) in [6.45, 7) is 2.16. The molecule has 1 aromatic carbocycles. The minimum absolute atomic E-state index is 0.0392. The number of ketones is 1. The van der Waals surface area contributed by atoms with Gasteiger partial charge in [-0.2, -0.15) is 0 Å². The number of benzene rings is 1. The second-order valence-corrected chi connectivity index (χ2v) is 10.2.